The van der Waals surface area contributed by atoms with E-state index in [2.05, 4.69) is 47.1 Å². The van der Waals surface area contributed by atoms with E-state index in [-0.39, 0.29) is 5.91 Å². The Hall–Kier alpha value is -3.27. The van der Waals surface area contributed by atoms with Gasteiger partial charge in [-0.05, 0) is 63.6 Å². The van der Waals surface area contributed by atoms with Crippen LogP contribution < -0.4 is 10.1 Å². The first kappa shape index (κ1) is 19.1. The summed E-state index contributed by atoms with van der Waals surface area (Å²) in [6.07, 6.45) is -0.593. The minimum Gasteiger partial charge on any atom is -0.481 e. The van der Waals surface area contributed by atoms with Crippen molar-refractivity contribution in [2.45, 2.75) is 40.3 Å². The third-order valence-electron chi connectivity index (χ3n) is 5.36. The summed E-state index contributed by atoms with van der Waals surface area (Å²) in [4.78, 5) is 12.7. The van der Waals surface area contributed by atoms with Crippen molar-refractivity contribution in [2.75, 3.05) is 5.32 Å². The number of benzene rings is 3. The van der Waals surface area contributed by atoms with Crippen LogP contribution >= 0.6 is 0 Å². The van der Waals surface area contributed by atoms with Crippen molar-refractivity contribution in [3.05, 3.63) is 71.8 Å². The van der Waals surface area contributed by atoms with Crippen LogP contribution in [0.25, 0.3) is 21.8 Å². The van der Waals surface area contributed by atoms with E-state index in [1.54, 1.807) is 6.92 Å². The maximum Gasteiger partial charge on any atom is 0.265 e. The molecular weight excluding hydrogens is 360 g/mol. The van der Waals surface area contributed by atoms with Gasteiger partial charge in [-0.25, -0.2) is 0 Å². The van der Waals surface area contributed by atoms with Crippen LogP contribution in [0, 0.1) is 13.8 Å². The number of para-hydroxylation sites is 1. The molecule has 4 heteroatoms. The number of anilines is 1. The number of hydrogen-bond donors (Lipinski definition) is 1. The van der Waals surface area contributed by atoms with Gasteiger partial charge in [-0.2, -0.15) is 0 Å². The molecule has 0 saturated carbocycles. The Morgan fingerprint density at radius 1 is 1.00 bits per heavy atom. The molecule has 148 valence electrons. The number of aryl methyl sites for hydroxylation is 3. The SMILES string of the molecule is CCn1c2ccccc2c2cc(NC(=O)C(C)Oc3ccc(C)cc3C)ccc21. The Kier molecular flexibility index (Phi) is 5.01. The summed E-state index contributed by atoms with van der Waals surface area (Å²) in [6, 6.07) is 20.4. The first-order valence-corrected chi connectivity index (χ1v) is 10.0. The lowest BCUT2D eigenvalue weighted by molar-refractivity contribution is -0.122. The lowest BCUT2D eigenvalue weighted by atomic mass is 10.1. The number of fused-ring (bicyclic) bond motifs is 3. The molecule has 3 aromatic carbocycles. The molecule has 1 heterocycles. The predicted molar refractivity (Wildman–Crippen MR) is 120 cm³/mol. The molecule has 0 fully saturated rings. The molecule has 0 spiro atoms. The lowest BCUT2D eigenvalue weighted by Gasteiger charge is -2.16. The van der Waals surface area contributed by atoms with E-state index in [4.69, 9.17) is 4.74 Å². The summed E-state index contributed by atoms with van der Waals surface area (Å²) in [5.41, 5.74) is 5.36. The van der Waals surface area contributed by atoms with Gasteiger partial charge >= 0.3 is 0 Å². The number of nitrogens with one attached hydrogen (secondary N) is 1. The van der Waals surface area contributed by atoms with Gasteiger partial charge in [-0.1, -0.05) is 35.9 Å². The number of carbonyl (C=O) groups excluding carboxylic acids is 1. The van der Waals surface area contributed by atoms with Gasteiger partial charge in [0.25, 0.3) is 5.91 Å². The minimum absolute atomic E-state index is 0.163. The molecule has 1 amide bonds. The maximum absolute atomic E-state index is 12.7. The zero-order chi connectivity index (χ0) is 20.5. The molecular formula is C25H26N2O2. The van der Waals surface area contributed by atoms with Gasteiger partial charge < -0.3 is 14.6 Å². The zero-order valence-electron chi connectivity index (χ0n) is 17.3. The predicted octanol–water partition coefficient (Wildman–Crippen LogP) is 5.84. The third kappa shape index (κ3) is 3.58. The third-order valence-corrected chi connectivity index (χ3v) is 5.36. The van der Waals surface area contributed by atoms with Crippen molar-refractivity contribution >= 4 is 33.4 Å². The van der Waals surface area contributed by atoms with E-state index in [0.717, 1.165) is 28.9 Å². The Balaban J connectivity index is 1.58. The van der Waals surface area contributed by atoms with Gasteiger partial charge in [0, 0.05) is 34.0 Å². The number of aromatic nitrogens is 1. The summed E-state index contributed by atoms with van der Waals surface area (Å²) < 4.78 is 8.19. The number of amides is 1. The van der Waals surface area contributed by atoms with E-state index >= 15 is 0 Å². The molecule has 0 saturated heterocycles. The highest BCUT2D eigenvalue weighted by atomic mass is 16.5. The van der Waals surface area contributed by atoms with Crippen LogP contribution in [0.4, 0.5) is 5.69 Å². The molecule has 0 aliphatic rings. The second-order valence-corrected chi connectivity index (χ2v) is 7.51. The van der Waals surface area contributed by atoms with Gasteiger partial charge in [0.15, 0.2) is 6.10 Å². The highest BCUT2D eigenvalue weighted by Gasteiger charge is 2.17. The van der Waals surface area contributed by atoms with Gasteiger partial charge in [-0.15, -0.1) is 0 Å². The Morgan fingerprint density at radius 2 is 1.76 bits per heavy atom. The lowest BCUT2D eigenvalue weighted by Crippen LogP contribution is -2.30. The Bertz CT molecular complexity index is 1210. The Morgan fingerprint density at radius 3 is 2.52 bits per heavy atom. The summed E-state index contributed by atoms with van der Waals surface area (Å²) in [6.45, 7) is 8.85. The largest absolute Gasteiger partial charge is 0.481 e. The van der Waals surface area contributed by atoms with E-state index in [9.17, 15) is 4.79 Å². The normalized spacial score (nSPS) is 12.3. The topological polar surface area (TPSA) is 43.3 Å². The molecule has 0 radical (unpaired) electrons. The first-order chi connectivity index (χ1) is 14.0. The average molecular weight is 386 g/mol. The molecule has 1 N–H and O–H groups in total. The molecule has 4 rings (SSSR count). The molecule has 0 aliphatic heterocycles. The number of hydrogen-bond acceptors (Lipinski definition) is 2. The van der Waals surface area contributed by atoms with Gasteiger partial charge in [0.05, 0.1) is 0 Å². The molecule has 0 aliphatic carbocycles. The fraction of sp³-hybridized carbons (Fsp3) is 0.240. The van der Waals surface area contributed by atoms with Crippen molar-refractivity contribution in [2.24, 2.45) is 0 Å². The molecule has 0 bridgehead atoms. The minimum atomic E-state index is -0.593. The van der Waals surface area contributed by atoms with Crippen molar-refractivity contribution in [3.8, 4) is 5.75 Å². The van der Waals surface area contributed by atoms with Crippen LogP contribution in [-0.2, 0) is 11.3 Å². The smallest absolute Gasteiger partial charge is 0.265 e. The van der Waals surface area contributed by atoms with Crippen LogP contribution in [0.2, 0.25) is 0 Å². The quantitative estimate of drug-likeness (QED) is 0.468. The summed E-state index contributed by atoms with van der Waals surface area (Å²) in [7, 11) is 0. The standard InChI is InChI=1S/C25H26N2O2/c1-5-27-22-9-7-6-8-20(22)21-15-19(11-12-23(21)27)26-25(28)18(4)29-24-13-10-16(2)14-17(24)3/h6-15,18H,5H2,1-4H3,(H,26,28). The second kappa shape index (κ2) is 7.63. The number of carbonyl (C=O) groups is 1. The van der Waals surface area contributed by atoms with E-state index in [1.807, 2.05) is 44.2 Å². The van der Waals surface area contributed by atoms with Crippen LogP contribution in [0.15, 0.2) is 60.7 Å². The van der Waals surface area contributed by atoms with Crippen molar-refractivity contribution < 1.29 is 9.53 Å². The Labute approximate surface area is 171 Å². The number of nitrogens with zero attached hydrogens (tertiary/aromatic N) is 1. The first-order valence-electron chi connectivity index (χ1n) is 10.0. The molecule has 1 atom stereocenters. The molecule has 29 heavy (non-hydrogen) atoms. The maximum atomic E-state index is 12.7. The van der Waals surface area contributed by atoms with Gasteiger partial charge in [0.1, 0.15) is 5.75 Å². The molecule has 1 unspecified atom stereocenters. The monoisotopic (exact) mass is 386 g/mol. The highest BCUT2D eigenvalue weighted by Crippen LogP contribution is 2.31. The fourth-order valence-corrected chi connectivity index (χ4v) is 3.89. The van der Waals surface area contributed by atoms with Crippen molar-refractivity contribution in [3.63, 3.8) is 0 Å². The van der Waals surface area contributed by atoms with Crippen molar-refractivity contribution in [1.29, 1.82) is 0 Å². The summed E-state index contributed by atoms with van der Waals surface area (Å²) >= 11 is 0. The summed E-state index contributed by atoms with van der Waals surface area (Å²) in [5.74, 6) is 0.572. The zero-order valence-corrected chi connectivity index (χ0v) is 17.3. The van der Waals surface area contributed by atoms with Crippen LogP contribution in [0.1, 0.15) is 25.0 Å². The second-order valence-electron chi connectivity index (χ2n) is 7.51. The van der Waals surface area contributed by atoms with Gasteiger partial charge in [0.2, 0.25) is 0 Å². The summed E-state index contributed by atoms with van der Waals surface area (Å²) in [5, 5.41) is 5.34. The van der Waals surface area contributed by atoms with E-state index in [0.29, 0.717) is 0 Å². The van der Waals surface area contributed by atoms with E-state index in [1.165, 1.54) is 22.0 Å². The van der Waals surface area contributed by atoms with Crippen LogP contribution in [0.3, 0.4) is 0 Å². The number of rotatable bonds is 5. The average Bonchev–Trinajstić information content (AvgIpc) is 3.03. The van der Waals surface area contributed by atoms with E-state index < -0.39 is 6.10 Å². The molecule has 4 nitrogen and oxygen atoms in total. The van der Waals surface area contributed by atoms with Gasteiger partial charge in [-0.3, -0.25) is 4.79 Å². The fourth-order valence-electron chi connectivity index (χ4n) is 3.89. The van der Waals surface area contributed by atoms with Crippen LogP contribution in [-0.4, -0.2) is 16.6 Å². The molecule has 4 aromatic rings. The van der Waals surface area contributed by atoms with Crippen LogP contribution in [0.5, 0.6) is 5.75 Å². The molecule has 1 aromatic heterocycles. The highest BCUT2D eigenvalue weighted by molar-refractivity contribution is 6.10. The van der Waals surface area contributed by atoms with Crippen molar-refractivity contribution in [1.82, 2.24) is 4.57 Å². The number of ether oxygens (including phenoxy) is 1.